The first-order valence-electron chi connectivity index (χ1n) is 7.25. The molecule has 0 saturated carbocycles. The lowest BCUT2D eigenvalue weighted by Gasteiger charge is -2.38. The lowest BCUT2D eigenvalue weighted by Crippen LogP contribution is -2.46. The van der Waals surface area contributed by atoms with E-state index in [2.05, 4.69) is 0 Å². The summed E-state index contributed by atoms with van der Waals surface area (Å²) in [6, 6.07) is 6.95. The zero-order valence-corrected chi connectivity index (χ0v) is 12.8. The highest BCUT2D eigenvalue weighted by molar-refractivity contribution is 7.09. The number of aliphatic carboxylic acids is 1. The molecule has 0 aromatic carbocycles. The maximum Gasteiger partial charge on any atom is 0.309 e. The summed E-state index contributed by atoms with van der Waals surface area (Å²) in [6.45, 7) is 0.508. The summed E-state index contributed by atoms with van der Waals surface area (Å²) in [6.07, 6.45) is 2.88. The lowest BCUT2D eigenvalue weighted by atomic mass is 9.87. The average Bonchev–Trinajstić information content (AvgIpc) is 3.18. The molecule has 1 aliphatic heterocycles. The lowest BCUT2D eigenvalue weighted by molar-refractivity contribution is -0.152. The normalized spacial score (nSPS) is 22.0. The predicted octanol–water partition coefficient (Wildman–Crippen LogP) is 2.95. The van der Waals surface area contributed by atoms with Crippen LogP contribution >= 0.6 is 11.3 Å². The van der Waals surface area contributed by atoms with Crippen LogP contribution in [-0.2, 0) is 16.0 Å². The van der Waals surface area contributed by atoms with Crippen LogP contribution in [0.15, 0.2) is 40.3 Å². The summed E-state index contributed by atoms with van der Waals surface area (Å²) in [7, 11) is 0. The Bertz CT molecular complexity index is 635. The predicted molar refractivity (Wildman–Crippen MR) is 81.5 cm³/mol. The van der Waals surface area contributed by atoms with Crippen LogP contribution in [0.4, 0.5) is 0 Å². The van der Waals surface area contributed by atoms with Gasteiger partial charge in [0.05, 0.1) is 12.2 Å². The fourth-order valence-corrected chi connectivity index (χ4v) is 3.67. The fraction of sp³-hybridized carbons (Fsp3) is 0.375. The van der Waals surface area contributed by atoms with Crippen LogP contribution in [0.5, 0.6) is 0 Å². The Balaban J connectivity index is 1.85. The van der Waals surface area contributed by atoms with Crippen molar-refractivity contribution in [3.05, 3.63) is 46.5 Å². The minimum Gasteiger partial charge on any atom is -0.481 e. The second-order valence-electron chi connectivity index (χ2n) is 5.36. The molecule has 2 aromatic heterocycles. The largest absolute Gasteiger partial charge is 0.481 e. The number of piperidine rings is 1. The number of amides is 1. The monoisotopic (exact) mass is 319 g/mol. The van der Waals surface area contributed by atoms with Gasteiger partial charge in [-0.05, 0) is 36.4 Å². The minimum absolute atomic E-state index is 0.00421. The molecule has 5 nitrogen and oxygen atoms in total. The van der Waals surface area contributed by atoms with Gasteiger partial charge in [0.1, 0.15) is 11.8 Å². The Morgan fingerprint density at radius 2 is 2.27 bits per heavy atom. The van der Waals surface area contributed by atoms with E-state index in [0.717, 1.165) is 6.42 Å². The molecule has 1 saturated heterocycles. The van der Waals surface area contributed by atoms with Crippen LogP contribution in [0.2, 0.25) is 0 Å². The van der Waals surface area contributed by atoms with E-state index in [-0.39, 0.29) is 12.3 Å². The number of carbonyl (C=O) groups excluding carboxylic acids is 1. The molecule has 0 radical (unpaired) electrons. The van der Waals surface area contributed by atoms with E-state index in [0.29, 0.717) is 18.7 Å². The molecule has 0 bridgehead atoms. The number of furan rings is 1. The smallest absolute Gasteiger partial charge is 0.309 e. The van der Waals surface area contributed by atoms with Crippen molar-refractivity contribution in [2.24, 2.45) is 5.92 Å². The number of hydrogen-bond donors (Lipinski definition) is 1. The third-order valence-corrected chi connectivity index (χ3v) is 4.97. The van der Waals surface area contributed by atoms with E-state index in [9.17, 15) is 14.7 Å². The molecule has 1 aliphatic rings. The molecule has 2 atom stereocenters. The van der Waals surface area contributed by atoms with Crippen molar-refractivity contribution >= 4 is 23.2 Å². The molecule has 1 fully saturated rings. The first kappa shape index (κ1) is 14.8. The number of hydrogen-bond acceptors (Lipinski definition) is 4. The molecule has 22 heavy (non-hydrogen) atoms. The van der Waals surface area contributed by atoms with Crippen molar-refractivity contribution in [1.29, 1.82) is 0 Å². The first-order chi connectivity index (χ1) is 10.7. The Hall–Kier alpha value is -2.08. The molecular weight excluding hydrogens is 302 g/mol. The van der Waals surface area contributed by atoms with Gasteiger partial charge in [0.15, 0.2) is 0 Å². The number of carbonyl (C=O) groups is 2. The molecule has 0 spiro atoms. The summed E-state index contributed by atoms with van der Waals surface area (Å²) in [5.74, 6) is -0.954. The molecular formula is C16H17NO4S. The maximum absolute atomic E-state index is 12.3. The summed E-state index contributed by atoms with van der Waals surface area (Å²) in [5, 5.41) is 11.5. The van der Waals surface area contributed by atoms with Crippen molar-refractivity contribution in [2.45, 2.75) is 25.3 Å². The second-order valence-corrected chi connectivity index (χ2v) is 6.39. The molecule has 2 aromatic rings. The van der Waals surface area contributed by atoms with Crippen LogP contribution in [0.25, 0.3) is 0 Å². The van der Waals surface area contributed by atoms with E-state index in [1.54, 1.807) is 28.4 Å². The molecule has 0 aliphatic carbocycles. The summed E-state index contributed by atoms with van der Waals surface area (Å²) >= 11 is 1.64. The first-order valence-corrected chi connectivity index (χ1v) is 8.13. The van der Waals surface area contributed by atoms with Crippen LogP contribution < -0.4 is 0 Å². The van der Waals surface area contributed by atoms with E-state index in [4.69, 9.17) is 4.42 Å². The second kappa shape index (κ2) is 6.36. The summed E-state index contributed by atoms with van der Waals surface area (Å²) in [5.41, 5.74) is 0. The molecule has 1 amide bonds. The molecule has 3 heterocycles. The molecule has 3 rings (SSSR count). The van der Waals surface area contributed by atoms with Gasteiger partial charge >= 0.3 is 5.97 Å². The Labute approximate surface area is 132 Å². The van der Waals surface area contributed by atoms with Gasteiger partial charge in [-0.3, -0.25) is 9.59 Å². The number of rotatable bonds is 5. The average molecular weight is 319 g/mol. The van der Waals surface area contributed by atoms with Gasteiger partial charge < -0.3 is 14.4 Å². The molecule has 116 valence electrons. The summed E-state index contributed by atoms with van der Waals surface area (Å²) in [4.78, 5) is 26.7. The fourth-order valence-electron chi connectivity index (χ4n) is 2.97. The van der Waals surface area contributed by atoms with E-state index in [1.807, 2.05) is 17.5 Å². The van der Waals surface area contributed by atoms with Gasteiger partial charge in [0.2, 0.25) is 5.91 Å². The van der Waals surface area contributed by atoms with E-state index in [1.165, 1.54) is 11.1 Å². The van der Waals surface area contributed by atoms with Crippen LogP contribution in [0.3, 0.4) is 0 Å². The number of carboxylic acids is 1. The maximum atomic E-state index is 12.3. The standard InChI is InChI=1S/C16H17NO4S/c18-14-6-5-12(16(19)20)15(13-4-1-9-21-13)17(14)8-7-11-3-2-10-22-11/h1-4,9-10,12,15H,5-8H2,(H,19,20)/t12-,15-/m1/s1. The number of nitrogens with zero attached hydrogens (tertiary/aromatic N) is 1. The number of likely N-dealkylation sites (tertiary alicyclic amines) is 1. The Morgan fingerprint density at radius 1 is 1.41 bits per heavy atom. The zero-order chi connectivity index (χ0) is 15.5. The van der Waals surface area contributed by atoms with Crippen LogP contribution in [0.1, 0.15) is 29.5 Å². The molecule has 6 heteroatoms. The highest BCUT2D eigenvalue weighted by Crippen LogP contribution is 2.37. The molecule has 0 unspecified atom stereocenters. The summed E-state index contributed by atoms with van der Waals surface area (Å²) < 4.78 is 5.41. The zero-order valence-electron chi connectivity index (χ0n) is 12.0. The van der Waals surface area contributed by atoms with E-state index < -0.39 is 17.9 Å². The third kappa shape index (κ3) is 2.92. The Kier molecular flexibility index (Phi) is 4.29. The SMILES string of the molecule is O=C(O)[C@@H]1CCC(=O)N(CCc2cccs2)[C@H]1c1ccco1. The van der Waals surface area contributed by atoms with E-state index >= 15 is 0 Å². The number of thiophene rings is 1. The van der Waals surface area contributed by atoms with Crippen molar-refractivity contribution in [2.75, 3.05) is 6.54 Å². The third-order valence-electron chi connectivity index (χ3n) is 4.04. The van der Waals surface area contributed by atoms with Crippen molar-refractivity contribution < 1.29 is 19.1 Å². The number of carboxylic acid groups (broad SMARTS) is 1. The quantitative estimate of drug-likeness (QED) is 0.920. The van der Waals surface area contributed by atoms with Crippen molar-refractivity contribution in [1.82, 2.24) is 4.90 Å². The van der Waals surface area contributed by atoms with Crippen LogP contribution in [0, 0.1) is 5.92 Å². The minimum atomic E-state index is -0.880. The van der Waals surface area contributed by atoms with Crippen molar-refractivity contribution in [3.8, 4) is 0 Å². The van der Waals surface area contributed by atoms with Gasteiger partial charge in [-0.1, -0.05) is 6.07 Å². The Morgan fingerprint density at radius 3 is 2.91 bits per heavy atom. The van der Waals surface area contributed by atoms with Gasteiger partial charge in [-0.2, -0.15) is 0 Å². The van der Waals surface area contributed by atoms with Gasteiger partial charge in [0, 0.05) is 17.8 Å². The van der Waals surface area contributed by atoms with Crippen molar-refractivity contribution in [3.63, 3.8) is 0 Å². The van der Waals surface area contributed by atoms with Gasteiger partial charge in [-0.15, -0.1) is 11.3 Å². The topological polar surface area (TPSA) is 70.8 Å². The van der Waals surface area contributed by atoms with Gasteiger partial charge in [0.25, 0.3) is 0 Å². The highest BCUT2D eigenvalue weighted by Gasteiger charge is 2.41. The highest BCUT2D eigenvalue weighted by atomic mass is 32.1. The van der Waals surface area contributed by atoms with Crippen LogP contribution in [-0.4, -0.2) is 28.4 Å². The molecule has 1 N–H and O–H groups in total. The van der Waals surface area contributed by atoms with Gasteiger partial charge in [-0.25, -0.2) is 0 Å².